The van der Waals surface area contributed by atoms with Crippen molar-refractivity contribution in [2.75, 3.05) is 0 Å². The van der Waals surface area contributed by atoms with Crippen LogP contribution in [0.2, 0.25) is 0 Å². The first kappa shape index (κ1) is 11.8. The minimum atomic E-state index is -1.24. The van der Waals surface area contributed by atoms with Gasteiger partial charge in [-0.05, 0) is 32.0 Å². The topological polar surface area (TPSA) is 80.9 Å². The van der Waals surface area contributed by atoms with E-state index >= 15 is 0 Å². The Kier molecular flexibility index (Phi) is 3.21. The standard InChI is InChI=1S/C11H16O4/c1-11(2,15)10(14)6-7-5-8(12)3-4-9(7)13/h3-5,10,12-15H,6H2,1-2H3. The number of rotatable bonds is 3. The summed E-state index contributed by atoms with van der Waals surface area (Å²) in [6.07, 6.45) is -0.908. The summed E-state index contributed by atoms with van der Waals surface area (Å²) in [6, 6.07) is 4.07. The van der Waals surface area contributed by atoms with E-state index in [-0.39, 0.29) is 17.9 Å². The third-order valence-electron chi connectivity index (χ3n) is 2.29. The van der Waals surface area contributed by atoms with Gasteiger partial charge in [0.15, 0.2) is 0 Å². The lowest BCUT2D eigenvalue weighted by Gasteiger charge is -2.24. The van der Waals surface area contributed by atoms with Crippen molar-refractivity contribution in [3.63, 3.8) is 0 Å². The van der Waals surface area contributed by atoms with Gasteiger partial charge in [0.1, 0.15) is 11.5 Å². The lowest BCUT2D eigenvalue weighted by molar-refractivity contribution is -0.0471. The Hall–Kier alpha value is -1.26. The molecule has 0 saturated carbocycles. The normalized spacial score (nSPS) is 13.9. The number of phenols is 2. The van der Waals surface area contributed by atoms with Crippen LogP contribution in [0, 0.1) is 0 Å². The molecule has 1 rings (SSSR count). The molecule has 0 radical (unpaired) electrons. The molecule has 0 aromatic heterocycles. The Morgan fingerprint density at radius 3 is 2.40 bits per heavy atom. The molecule has 0 aliphatic heterocycles. The number of phenolic OH excluding ortho intramolecular Hbond substituents is 2. The van der Waals surface area contributed by atoms with Gasteiger partial charge in [-0.15, -0.1) is 0 Å². The Labute approximate surface area is 88.4 Å². The van der Waals surface area contributed by atoms with E-state index in [1.807, 2.05) is 0 Å². The number of aliphatic hydroxyl groups is 2. The highest BCUT2D eigenvalue weighted by atomic mass is 16.3. The smallest absolute Gasteiger partial charge is 0.119 e. The van der Waals surface area contributed by atoms with Gasteiger partial charge in [0.25, 0.3) is 0 Å². The van der Waals surface area contributed by atoms with Crippen LogP contribution in [0.3, 0.4) is 0 Å². The third-order valence-corrected chi connectivity index (χ3v) is 2.29. The summed E-state index contributed by atoms with van der Waals surface area (Å²) in [5.74, 6) is 0.0156. The molecule has 4 heteroatoms. The van der Waals surface area contributed by atoms with Gasteiger partial charge in [0.2, 0.25) is 0 Å². The first-order valence-electron chi connectivity index (χ1n) is 4.72. The Bertz CT molecular complexity index is 341. The van der Waals surface area contributed by atoms with Crippen LogP contribution in [0.4, 0.5) is 0 Å². The van der Waals surface area contributed by atoms with Crippen molar-refractivity contribution in [2.24, 2.45) is 0 Å². The lowest BCUT2D eigenvalue weighted by Crippen LogP contribution is -2.37. The molecule has 15 heavy (non-hydrogen) atoms. The van der Waals surface area contributed by atoms with Crippen molar-refractivity contribution in [3.05, 3.63) is 23.8 Å². The average Bonchev–Trinajstić information content (AvgIpc) is 2.09. The first-order valence-corrected chi connectivity index (χ1v) is 4.72. The summed E-state index contributed by atoms with van der Waals surface area (Å²) in [6.45, 7) is 2.97. The maximum absolute atomic E-state index is 9.61. The van der Waals surface area contributed by atoms with Gasteiger partial charge in [-0.3, -0.25) is 0 Å². The molecule has 4 nitrogen and oxygen atoms in total. The van der Waals surface area contributed by atoms with Crippen LogP contribution >= 0.6 is 0 Å². The molecule has 1 atom stereocenters. The summed E-state index contributed by atoms with van der Waals surface area (Å²) in [4.78, 5) is 0. The number of benzene rings is 1. The fourth-order valence-electron chi connectivity index (χ4n) is 1.19. The number of aromatic hydroxyl groups is 2. The molecule has 0 heterocycles. The zero-order valence-electron chi connectivity index (χ0n) is 8.81. The van der Waals surface area contributed by atoms with E-state index in [0.29, 0.717) is 5.56 Å². The van der Waals surface area contributed by atoms with Gasteiger partial charge in [-0.1, -0.05) is 0 Å². The van der Waals surface area contributed by atoms with Gasteiger partial charge in [0.05, 0.1) is 11.7 Å². The number of hydrogen-bond acceptors (Lipinski definition) is 4. The molecule has 1 unspecified atom stereocenters. The molecular weight excluding hydrogens is 196 g/mol. The van der Waals surface area contributed by atoms with Gasteiger partial charge < -0.3 is 20.4 Å². The number of hydrogen-bond donors (Lipinski definition) is 4. The van der Waals surface area contributed by atoms with Crippen LogP contribution in [0.5, 0.6) is 11.5 Å². The largest absolute Gasteiger partial charge is 0.508 e. The monoisotopic (exact) mass is 212 g/mol. The molecule has 1 aromatic rings. The van der Waals surface area contributed by atoms with Crippen LogP contribution in [0.1, 0.15) is 19.4 Å². The minimum absolute atomic E-state index is 0.00361. The summed E-state index contributed by atoms with van der Waals surface area (Å²) < 4.78 is 0. The van der Waals surface area contributed by atoms with E-state index in [1.165, 1.54) is 32.0 Å². The van der Waals surface area contributed by atoms with E-state index < -0.39 is 11.7 Å². The van der Waals surface area contributed by atoms with Crippen molar-refractivity contribution >= 4 is 0 Å². The van der Waals surface area contributed by atoms with Crippen LogP contribution in [-0.2, 0) is 6.42 Å². The summed E-state index contributed by atoms with van der Waals surface area (Å²) in [5, 5.41) is 37.8. The third kappa shape index (κ3) is 3.11. The van der Waals surface area contributed by atoms with Crippen LogP contribution < -0.4 is 0 Å². The summed E-state index contributed by atoms with van der Waals surface area (Å²) >= 11 is 0. The fraction of sp³-hybridized carbons (Fsp3) is 0.455. The van der Waals surface area contributed by atoms with Crippen LogP contribution in [0.25, 0.3) is 0 Å². The highest BCUT2D eigenvalue weighted by molar-refractivity contribution is 5.39. The zero-order valence-corrected chi connectivity index (χ0v) is 8.81. The summed E-state index contributed by atoms with van der Waals surface area (Å²) in [7, 11) is 0. The van der Waals surface area contributed by atoms with Gasteiger partial charge >= 0.3 is 0 Å². The number of aliphatic hydroxyl groups excluding tert-OH is 1. The van der Waals surface area contributed by atoms with E-state index in [0.717, 1.165) is 0 Å². The minimum Gasteiger partial charge on any atom is -0.508 e. The maximum Gasteiger partial charge on any atom is 0.119 e. The summed E-state index contributed by atoms with van der Waals surface area (Å²) in [5.41, 5.74) is -0.831. The molecule has 4 N–H and O–H groups in total. The van der Waals surface area contributed by atoms with Gasteiger partial charge in [0, 0.05) is 12.0 Å². The second-order valence-corrected chi connectivity index (χ2v) is 4.19. The van der Waals surface area contributed by atoms with Crippen molar-refractivity contribution in [1.82, 2.24) is 0 Å². The van der Waals surface area contributed by atoms with Crippen LogP contribution in [0.15, 0.2) is 18.2 Å². The average molecular weight is 212 g/mol. The second-order valence-electron chi connectivity index (χ2n) is 4.19. The predicted molar refractivity (Wildman–Crippen MR) is 55.8 cm³/mol. The van der Waals surface area contributed by atoms with Crippen molar-refractivity contribution < 1.29 is 20.4 Å². The Balaban J connectivity index is 2.85. The highest BCUT2D eigenvalue weighted by Crippen LogP contribution is 2.25. The molecule has 0 aliphatic carbocycles. The van der Waals surface area contributed by atoms with E-state index in [9.17, 15) is 20.4 Å². The first-order chi connectivity index (χ1) is 6.80. The van der Waals surface area contributed by atoms with Crippen molar-refractivity contribution in [2.45, 2.75) is 32.0 Å². The van der Waals surface area contributed by atoms with Crippen molar-refractivity contribution in [3.8, 4) is 11.5 Å². The Morgan fingerprint density at radius 2 is 1.87 bits per heavy atom. The maximum atomic E-state index is 9.61. The van der Waals surface area contributed by atoms with E-state index in [1.54, 1.807) is 0 Å². The molecule has 0 aliphatic rings. The van der Waals surface area contributed by atoms with E-state index in [4.69, 9.17) is 0 Å². The lowest BCUT2D eigenvalue weighted by atomic mass is 9.95. The molecule has 0 fully saturated rings. The van der Waals surface area contributed by atoms with Gasteiger partial charge in [-0.25, -0.2) is 0 Å². The SMILES string of the molecule is CC(C)(O)C(O)Cc1cc(O)ccc1O. The quantitative estimate of drug-likeness (QED) is 0.558. The molecule has 0 saturated heterocycles. The molecule has 1 aromatic carbocycles. The Morgan fingerprint density at radius 1 is 1.27 bits per heavy atom. The molecule has 0 spiro atoms. The molecule has 0 bridgehead atoms. The van der Waals surface area contributed by atoms with Crippen molar-refractivity contribution in [1.29, 1.82) is 0 Å². The predicted octanol–water partition coefficient (Wildman–Crippen LogP) is 0.772. The molecular formula is C11H16O4. The molecule has 84 valence electrons. The van der Waals surface area contributed by atoms with E-state index in [2.05, 4.69) is 0 Å². The zero-order chi connectivity index (χ0) is 11.6. The van der Waals surface area contributed by atoms with Crippen LogP contribution in [-0.4, -0.2) is 32.1 Å². The highest BCUT2D eigenvalue weighted by Gasteiger charge is 2.25. The van der Waals surface area contributed by atoms with Gasteiger partial charge in [-0.2, -0.15) is 0 Å². The fourth-order valence-corrected chi connectivity index (χ4v) is 1.19. The molecule has 0 amide bonds. The second kappa shape index (κ2) is 4.08.